The van der Waals surface area contributed by atoms with Gasteiger partial charge in [-0.05, 0) is 42.7 Å². The third kappa shape index (κ3) is 3.68. The summed E-state index contributed by atoms with van der Waals surface area (Å²) in [7, 11) is 0. The van der Waals surface area contributed by atoms with Crippen molar-refractivity contribution in [3.63, 3.8) is 0 Å². The number of halogens is 1. The summed E-state index contributed by atoms with van der Waals surface area (Å²) < 4.78 is 1.92. The first-order valence-corrected chi connectivity index (χ1v) is 8.91. The SMILES string of the molecule is CSc1nccn1-c1cccc(C(=O)Nc2ccc(C#N)c(Cl)c2)c1. The summed E-state index contributed by atoms with van der Waals surface area (Å²) >= 11 is 7.53. The first-order chi connectivity index (χ1) is 12.1. The smallest absolute Gasteiger partial charge is 0.255 e. The number of carbonyl (C=O) groups excluding carboxylic acids is 1. The predicted octanol–water partition coefficient (Wildman–Crippen LogP) is 4.37. The van der Waals surface area contributed by atoms with E-state index < -0.39 is 0 Å². The van der Waals surface area contributed by atoms with E-state index in [1.165, 1.54) is 11.8 Å². The predicted molar refractivity (Wildman–Crippen MR) is 99.5 cm³/mol. The normalized spacial score (nSPS) is 10.3. The van der Waals surface area contributed by atoms with E-state index in [1.807, 2.05) is 35.2 Å². The molecule has 1 N–H and O–H groups in total. The lowest BCUT2D eigenvalue weighted by Gasteiger charge is -2.09. The van der Waals surface area contributed by atoms with Crippen LogP contribution in [0.15, 0.2) is 60.0 Å². The second kappa shape index (κ2) is 7.43. The van der Waals surface area contributed by atoms with Gasteiger partial charge >= 0.3 is 0 Å². The van der Waals surface area contributed by atoms with E-state index in [9.17, 15) is 4.79 Å². The van der Waals surface area contributed by atoms with E-state index in [0.29, 0.717) is 21.8 Å². The minimum absolute atomic E-state index is 0.256. The van der Waals surface area contributed by atoms with Crippen molar-refractivity contribution in [3.8, 4) is 11.8 Å². The molecule has 0 radical (unpaired) electrons. The number of hydrogen-bond donors (Lipinski definition) is 1. The number of hydrogen-bond acceptors (Lipinski definition) is 4. The molecule has 0 saturated carbocycles. The van der Waals surface area contributed by atoms with E-state index in [1.54, 1.807) is 36.5 Å². The van der Waals surface area contributed by atoms with Crippen LogP contribution in [0.4, 0.5) is 5.69 Å². The van der Waals surface area contributed by atoms with Crippen LogP contribution in [0.25, 0.3) is 5.69 Å². The van der Waals surface area contributed by atoms with Crippen molar-refractivity contribution in [2.45, 2.75) is 5.16 Å². The molecule has 0 bridgehead atoms. The number of nitrogens with zero attached hydrogens (tertiary/aromatic N) is 3. The fourth-order valence-electron chi connectivity index (χ4n) is 2.32. The number of imidazole rings is 1. The topological polar surface area (TPSA) is 70.7 Å². The average molecular weight is 369 g/mol. The third-order valence-corrected chi connectivity index (χ3v) is 4.50. The minimum Gasteiger partial charge on any atom is -0.322 e. The second-order valence-corrected chi connectivity index (χ2v) is 6.28. The lowest BCUT2D eigenvalue weighted by atomic mass is 10.1. The Labute approximate surface area is 154 Å². The number of amides is 1. The summed E-state index contributed by atoms with van der Waals surface area (Å²) in [5.41, 5.74) is 2.27. The van der Waals surface area contributed by atoms with Gasteiger partial charge in [0.05, 0.1) is 10.6 Å². The van der Waals surface area contributed by atoms with Crippen molar-refractivity contribution in [2.75, 3.05) is 11.6 Å². The number of nitrogens with one attached hydrogen (secondary N) is 1. The summed E-state index contributed by atoms with van der Waals surface area (Å²) in [6.45, 7) is 0. The van der Waals surface area contributed by atoms with E-state index >= 15 is 0 Å². The van der Waals surface area contributed by atoms with E-state index in [0.717, 1.165) is 10.8 Å². The maximum Gasteiger partial charge on any atom is 0.255 e. The zero-order chi connectivity index (χ0) is 17.8. The van der Waals surface area contributed by atoms with Gasteiger partial charge in [-0.2, -0.15) is 5.26 Å². The molecule has 0 fully saturated rings. The molecule has 3 rings (SSSR count). The highest BCUT2D eigenvalue weighted by Gasteiger charge is 2.10. The quantitative estimate of drug-likeness (QED) is 0.694. The zero-order valence-corrected chi connectivity index (χ0v) is 14.8. The standard InChI is InChI=1S/C18H13ClN4OS/c1-25-18-21-7-8-23(18)15-4-2-3-12(9-15)17(24)22-14-6-5-13(11-20)16(19)10-14/h2-10H,1H3,(H,22,24). The monoisotopic (exact) mass is 368 g/mol. The molecule has 1 amide bonds. The molecule has 0 atom stereocenters. The van der Waals surface area contributed by atoms with Crippen molar-refractivity contribution >= 4 is 35.0 Å². The van der Waals surface area contributed by atoms with Crippen molar-refractivity contribution in [3.05, 3.63) is 71.0 Å². The summed E-state index contributed by atoms with van der Waals surface area (Å²) in [6.07, 6.45) is 5.52. The molecule has 0 unspecified atom stereocenters. The molecule has 5 nitrogen and oxygen atoms in total. The van der Waals surface area contributed by atoms with Crippen LogP contribution >= 0.6 is 23.4 Å². The van der Waals surface area contributed by atoms with Gasteiger partial charge in [0.15, 0.2) is 5.16 Å². The van der Waals surface area contributed by atoms with Crippen molar-refractivity contribution in [2.24, 2.45) is 0 Å². The van der Waals surface area contributed by atoms with Crippen LogP contribution < -0.4 is 5.32 Å². The Morgan fingerprint density at radius 1 is 1.32 bits per heavy atom. The maximum absolute atomic E-state index is 12.5. The van der Waals surface area contributed by atoms with Gasteiger partial charge in [0.1, 0.15) is 6.07 Å². The van der Waals surface area contributed by atoms with Gasteiger partial charge in [-0.1, -0.05) is 29.4 Å². The molecular formula is C18H13ClN4OS. The summed E-state index contributed by atoms with van der Waals surface area (Å²) in [6, 6.07) is 14.0. The molecule has 0 aliphatic heterocycles. The van der Waals surface area contributed by atoms with Crippen LogP contribution in [0.3, 0.4) is 0 Å². The summed E-state index contributed by atoms with van der Waals surface area (Å²) in [5.74, 6) is -0.256. The number of benzene rings is 2. The third-order valence-electron chi connectivity index (χ3n) is 3.52. The van der Waals surface area contributed by atoms with E-state index in [4.69, 9.17) is 16.9 Å². The fraction of sp³-hybridized carbons (Fsp3) is 0.0556. The Balaban J connectivity index is 1.85. The highest BCUT2D eigenvalue weighted by atomic mass is 35.5. The molecule has 3 aromatic rings. The summed E-state index contributed by atoms with van der Waals surface area (Å²) in [4.78, 5) is 16.8. The Morgan fingerprint density at radius 2 is 2.16 bits per heavy atom. The molecule has 2 aromatic carbocycles. The second-order valence-electron chi connectivity index (χ2n) is 5.09. The zero-order valence-electron chi connectivity index (χ0n) is 13.2. The van der Waals surface area contributed by atoms with Gasteiger partial charge in [0.2, 0.25) is 0 Å². The number of thioether (sulfide) groups is 1. The maximum atomic E-state index is 12.5. The number of rotatable bonds is 4. The highest BCUT2D eigenvalue weighted by molar-refractivity contribution is 7.98. The molecule has 0 aliphatic rings. The Hall–Kier alpha value is -2.75. The van der Waals surface area contributed by atoms with Crippen LogP contribution in [-0.4, -0.2) is 21.7 Å². The Morgan fingerprint density at radius 3 is 2.88 bits per heavy atom. The molecule has 7 heteroatoms. The van der Waals surface area contributed by atoms with Crippen molar-refractivity contribution in [1.29, 1.82) is 5.26 Å². The van der Waals surface area contributed by atoms with Gasteiger partial charge in [0, 0.05) is 29.3 Å². The molecule has 0 aliphatic carbocycles. The number of anilines is 1. The molecule has 124 valence electrons. The Bertz CT molecular complexity index is 977. The van der Waals surface area contributed by atoms with E-state index in [2.05, 4.69) is 10.3 Å². The molecule has 1 heterocycles. The van der Waals surface area contributed by atoms with Crippen LogP contribution in [0.2, 0.25) is 5.02 Å². The highest BCUT2D eigenvalue weighted by Crippen LogP contribution is 2.22. The van der Waals surface area contributed by atoms with Gasteiger partial charge in [-0.15, -0.1) is 0 Å². The van der Waals surface area contributed by atoms with Gasteiger partial charge in [-0.3, -0.25) is 9.36 Å². The van der Waals surface area contributed by atoms with Gasteiger partial charge in [0.25, 0.3) is 5.91 Å². The average Bonchev–Trinajstić information content (AvgIpc) is 3.11. The van der Waals surface area contributed by atoms with Crippen LogP contribution in [0, 0.1) is 11.3 Å². The lowest BCUT2D eigenvalue weighted by Crippen LogP contribution is -2.12. The Kier molecular flexibility index (Phi) is 5.08. The lowest BCUT2D eigenvalue weighted by molar-refractivity contribution is 0.102. The first kappa shape index (κ1) is 17.1. The molecule has 0 spiro atoms. The molecule has 1 aromatic heterocycles. The minimum atomic E-state index is -0.256. The van der Waals surface area contributed by atoms with Gasteiger partial charge < -0.3 is 5.32 Å². The van der Waals surface area contributed by atoms with Crippen molar-refractivity contribution < 1.29 is 4.79 Å². The van der Waals surface area contributed by atoms with Crippen molar-refractivity contribution in [1.82, 2.24) is 9.55 Å². The fourth-order valence-corrected chi connectivity index (χ4v) is 3.07. The number of aromatic nitrogens is 2. The van der Waals surface area contributed by atoms with Gasteiger partial charge in [-0.25, -0.2) is 4.98 Å². The van der Waals surface area contributed by atoms with E-state index in [-0.39, 0.29) is 5.91 Å². The largest absolute Gasteiger partial charge is 0.322 e. The molecule has 0 saturated heterocycles. The molecular weight excluding hydrogens is 356 g/mol. The van der Waals surface area contributed by atoms with Crippen LogP contribution in [0.1, 0.15) is 15.9 Å². The molecule has 25 heavy (non-hydrogen) atoms. The number of nitriles is 1. The van der Waals surface area contributed by atoms with Crippen LogP contribution in [0.5, 0.6) is 0 Å². The first-order valence-electron chi connectivity index (χ1n) is 7.31. The summed E-state index contributed by atoms with van der Waals surface area (Å²) in [5, 5.41) is 12.8. The van der Waals surface area contributed by atoms with Crippen LogP contribution in [-0.2, 0) is 0 Å². The number of carbonyl (C=O) groups is 1.